The van der Waals surface area contributed by atoms with E-state index in [0.29, 0.717) is 29.8 Å². The molecule has 0 saturated heterocycles. The van der Waals surface area contributed by atoms with Crippen molar-refractivity contribution < 1.29 is 9.53 Å². The number of nitrogens with two attached hydrogens (primary N) is 1. The lowest BCUT2D eigenvalue weighted by atomic mass is 9.69. The number of hydrogen-bond donors (Lipinski definition) is 2. The maximum atomic E-state index is 13.5. The van der Waals surface area contributed by atoms with Crippen LogP contribution in [0.1, 0.15) is 43.7 Å². The van der Waals surface area contributed by atoms with Crippen LogP contribution in [0, 0.1) is 23.7 Å². The van der Waals surface area contributed by atoms with Crippen LogP contribution in [0.25, 0.3) is 0 Å². The summed E-state index contributed by atoms with van der Waals surface area (Å²) in [4.78, 5) is 13.5. The third-order valence-corrected chi connectivity index (χ3v) is 6.15. The van der Waals surface area contributed by atoms with Gasteiger partial charge in [-0.25, -0.2) is 5.01 Å². The van der Waals surface area contributed by atoms with Gasteiger partial charge in [0.15, 0.2) is 5.78 Å². The fourth-order valence-electron chi connectivity index (χ4n) is 4.69. The zero-order chi connectivity index (χ0) is 23.0. The van der Waals surface area contributed by atoms with E-state index in [9.17, 15) is 10.1 Å². The van der Waals surface area contributed by atoms with Crippen molar-refractivity contribution in [2.75, 3.05) is 12.5 Å². The highest BCUT2D eigenvalue weighted by molar-refractivity contribution is 6.00. The molecule has 164 valence electrons. The van der Waals surface area contributed by atoms with Crippen molar-refractivity contribution in [1.82, 2.24) is 5.01 Å². The summed E-state index contributed by atoms with van der Waals surface area (Å²) in [6, 6.07) is 17.7. The Morgan fingerprint density at radius 2 is 1.91 bits per heavy atom. The van der Waals surface area contributed by atoms with E-state index in [0.717, 1.165) is 28.3 Å². The average Bonchev–Trinajstić information content (AvgIpc) is 2.75. The third kappa shape index (κ3) is 3.71. The molecule has 4 rings (SSSR count). The van der Waals surface area contributed by atoms with Crippen molar-refractivity contribution in [2.45, 2.75) is 39.5 Å². The van der Waals surface area contributed by atoms with Gasteiger partial charge in [-0.2, -0.15) is 5.26 Å². The molecule has 0 bridgehead atoms. The minimum atomic E-state index is -0.503. The van der Waals surface area contributed by atoms with E-state index in [1.807, 2.05) is 55.5 Å². The molecular weight excluding hydrogens is 400 g/mol. The maximum Gasteiger partial charge on any atom is 0.162 e. The number of rotatable bonds is 4. The number of methoxy groups -OCH3 is 1. The Kier molecular flexibility index (Phi) is 5.43. The monoisotopic (exact) mass is 428 g/mol. The molecule has 0 amide bonds. The molecule has 2 aromatic rings. The number of anilines is 1. The minimum absolute atomic E-state index is 0.0508. The van der Waals surface area contributed by atoms with Crippen LogP contribution in [-0.2, 0) is 4.79 Å². The number of aryl methyl sites for hydroxylation is 1. The Hall–Kier alpha value is -3.72. The second-order valence-electron chi connectivity index (χ2n) is 9.19. The van der Waals surface area contributed by atoms with Crippen LogP contribution in [0.4, 0.5) is 5.69 Å². The van der Waals surface area contributed by atoms with E-state index in [1.165, 1.54) is 0 Å². The van der Waals surface area contributed by atoms with E-state index < -0.39 is 5.92 Å². The van der Waals surface area contributed by atoms with Gasteiger partial charge in [-0.1, -0.05) is 44.2 Å². The van der Waals surface area contributed by atoms with Crippen LogP contribution in [0.3, 0.4) is 0 Å². The predicted octanol–water partition coefficient (Wildman–Crippen LogP) is 4.77. The molecule has 1 atom stereocenters. The van der Waals surface area contributed by atoms with Crippen LogP contribution in [0.2, 0.25) is 0 Å². The summed E-state index contributed by atoms with van der Waals surface area (Å²) in [5.74, 6) is 0.628. The van der Waals surface area contributed by atoms with Crippen LogP contribution in [0.5, 0.6) is 5.75 Å². The normalized spacial score (nSPS) is 20.0. The molecule has 1 heterocycles. The first-order valence-corrected chi connectivity index (χ1v) is 10.7. The number of nitrogens with zero attached hydrogens (tertiary/aromatic N) is 2. The SMILES string of the molecule is COc1ccc(C2C(C#N)=C(N)N(Nc3ccccc3)C3=C2C(=O)CC(C)(C)C3)cc1C. The van der Waals surface area contributed by atoms with Crippen molar-refractivity contribution in [3.8, 4) is 11.8 Å². The van der Waals surface area contributed by atoms with Crippen LogP contribution < -0.4 is 15.9 Å². The van der Waals surface area contributed by atoms with Gasteiger partial charge in [0.1, 0.15) is 11.6 Å². The van der Waals surface area contributed by atoms with Crippen molar-refractivity contribution in [2.24, 2.45) is 11.1 Å². The lowest BCUT2D eigenvalue weighted by Crippen LogP contribution is -2.44. The van der Waals surface area contributed by atoms with Crippen LogP contribution >= 0.6 is 0 Å². The van der Waals surface area contributed by atoms with E-state index in [1.54, 1.807) is 12.1 Å². The summed E-state index contributed by atoms with van der Waals surface area (Å²) in [5, 5.41) is 11.9. The first kappa shape index (κ1) is 21.5. The molecule has 2 aromatic carbocycles. The number of hydrogen-bond acceptors (Lipinski definition) is 6. The molecule has 2 aliphatic rings. The quantitative estimate of drug-likeness (QED) is 0.729. The van der Waals surface area contributed by atoms with Gasteiger partial charge >= 0.3 is 0 Å². The Morgan fingerprint density at radius 1 is 1.19 bits per heavy atom. The number of nitrogens with one attached hydrogen (secondary N) is 1. The van der Waals surface area contributed by atoms with Gasteiger partial charge in [0.2, 0.25) is 0 Å². The van der Waals surface area contributed by atoms with Gasteiger partial charge in [-0.15, -0.1) is 0 Å². The molecule has 0 radical (unpaired) electrons. The smallest absolute Gasteiger partial charge is 0.162 e. The summed E-state index contributed by atoms with van der Waals surface area (Å²) < 4.78 is 5.40. The number of ether oxygens (including phenoxy) is 1. The fourth-order valence-corrected chi connectivity index (χ4v) is 4.69. The topological polar surface area (TPSA) is 91.4 Å². The number of ketones is 1. The first-order chi connectivity index (χ1) is 15.3. The van der Waals surface area contributed by atoms with Gasteiger partial charge in [-0.05, 0) is 48.1 Å². The molecule has 1 aliphatic carbocycles. The van der Waals surface area contributed by atoms with Gasteiger partial charge in [0.05, 0.1) is 36.1 Å². The molecule has 0 saturated carbocycles. The Morgan fingerprint density at radius 3 is 2.53 bits per heavy atom. The Labute approximate surface area is 188 Å². The molecule has 0 spiro atoms. The van der Waals surface area contributed by atoms with E-state index in [-0.39, 0.29) is 11.2 Å². The van der Waals surface area contributed by atoms with Gasteiger partial charge in [-0.3, -0.25) is 10.2 Å². The molecular formula is C26H28N4O2. The number of carbonyl (C=O) groups is 1. The standard InChI is InChI=1S/C26H28N4O2/c1-16-12-17(10-11-22(16)32-4)23-19(15-27)25(28)30(29-18-8-6-5-7-9-18)20-13-26(2,3)14-21(31)24(20)23/h5-12,23,29H,13-14,28H2,1-4H3. The predicted molar refractivity (Wildman–Crippen MR) is 124 cm³/mol. The van der Waals surface area contributed by atoms with Crippen LogP contribution in [-0.4, -0.2) is 17.9 Å². The summed E-state index contributed by atoms with van der Waals surface area (Å²) >= 11 is 0. The summed E-state index contributed by atoms with van der Waals surface area (Å²) in [6.45, 7) is 6.12. The van der Waals surface area contributed by atoms with Gasteiger partial charge in [0.25, 0.3) is 0 Å². The molecule has 0 fully saturated rings. The number of Topliss-reactive ketones (excluding diaryl/α,β-unsaturated/α-hetero) is 1. The lowest BCUT2D eigenvalue weighted by Gasteiger charge is -2.43. The molecule has 1 unspecified atom stereocenters. The van der Waals surface area contributed by atoms with Crippen molar-refractivity contribution in [1.29, 1.82) is 5.26 Å². The summed E-state index contributed by atoms with van der Waals surface area (Å²) in [5.41, 5.74) is 14.2. The molecule has 32 heavy (non-hydrogen) atoms. The maximum absolute atomic E-state index is 13.5. The van der Waals surface area contributed by atoms with Crippen LogP contribution in [0.15, 0.2) is 71.2 Å². The minimum Gasteiger partial charge on any atom is -0.496 e. The number of benzene rings is 2. The lowest BCUT2D eigenvalue weighted by molar-refractivity contribution is -0.118. The van der Waals surface area contributed by atoms with E-state index >= 15 is 0 Å². The van der Waals surface area contributed by atoms with Crippen molar-refractivity contribution in [3.05, 3.63) is 82.3 Å². The van der Waals surface area contributed by atoms with Crippen molar-refractivity contribution in [3.63, 3.8) is 0 Å². The number of carbonyl (C=O) groups excluding carboxylic acids is 1. The number of para-hydroxylation sites is 1. The molecule has 0 aromatic heterocycles. The van der Waals surface area contributed by atoms with E-state index in [2.05, 4.69) is 25.3 Å². The zero-order valence-corrected chi connectivity index (χ0v) is 18.9. The van der Waals surface area contributed by atoms with Gasteiger partial charge in [0, 0.05) is 12.0 Å². The third-order valence-electron chi connectivity index (χ3n) is 6.15. The molecule has 1 aliphatic heterocycles. The largest absolute Gasteiger partial charge is 0.496 e. The average molecular weight is 429 g/mol. The first-order valence-electron chi connectivity index (χ1n) is 10.7. The van der Waals surface area contributed by atoms with Gasteiger partial charge < -0.3 is 10.5 Å². The second-order valence-corrected chi connectivity index (χ2v) is 9.19. The summed E-state index contributed by atoms with van der Waals surface area (Å²) in [7, 11) is 1.63. The summed E-state index contributed by atoms with van der Waals surface area (Å²) in [6.07, 6.45) is 1.09. The molecule has 6 nitrogen and oxygen atoms in total. The van der Waals surface area contributed by atoms with Crippen molar-refractivity contribution >= 4 is 11.5 Å². The van der Waals surface area contributed by atoms with E-state index in [4.69, 9.17) is 10.5 Å². The molecule has 3 N–H and O–H groups in total. The number of nitriles is 1. The highest BCUT2D eigenvalue weighted by Gasteiger charge is 2.44. The second kappa shape index (κ2) is 8.08. The highest BCUT2D eigenvalue weighted by atomic mass is 16.5. The zero-order valence-electron chi connectivity index (χ0n) is 18.9. The molecule has 6 heteroatoms. The Bertz CT molecular complexity index is 1170. The Balaban J connectivity index is 1.91. The number of allylic oxidation sites excluding steroid dienone is 3. The number of hydrazine groups is 1. The fraction of sp³-hybridized carbons (Fsp3) is 0.308. The highest BCUT2D eigenvalue weighted by Crippen LogP contribution is 2.49.